The van der Waals surface area contributed by atoms with Crippen LogP contribution in [-0.4, -0.2) is 63.1 Å². The van der Waals surface area contributed by atoms with Crippen molar-refractivity contribution in [2.75, 3.05) is 18.4 Å². The van der Waals surface area contributed by atoms with Crippen molar-refractivity contribution in [1.29, 1.82) is 0 Å². The number of carbonyl (C=O) groups is 4. The predicted octanol–water partition coefficient (Wildman–Crippen LogP) is 2.88. The first kappa shape index (κ1) is 33.3. The molecule has 5 N–H and O–H groups in total. The summed E-state index contributed by atoms with van der Waals surface area (Å²) in [4.78, 5) is 59.3. The third-order valence-corrected chi connectivity index (χ3v) is 5.01. The Balaban J connectivity index is 0.00000101. The number of pyridine rings is 1. The number of aryl methyl sites for hydroxylation is 2. The molecule has 2 aromatic rings. The summed E-state index contributed by atoms with van der Waals surface area (Å²) >= 11 is 0. The number of nitro groups is 1. The van der Waals surface area contributed by atoms with E-state index < -0.39 is 41.4 Å². The maximum atomic E-state index is 12.3. The SMILES string of the molecule is Cc1cccc(NCCCC(=O)NCC(=O)NC(CC(=O)O)c2ccc(C)c([N+](=O)[O-])c2)n1.O=C(O)C(F)(F)F. The van der Waals surface area contributed by atoms with Crippen LogP contribution in [0.2, 0.25) is 0 Å². The molecule has 218 valence electrons. The highest BCUT2D eigenvalue weighted by Gasteiger charge is 2.38. The van der Waals surface area contributed by atoms with Gasteiger partial charge in [0.2, 0.25) is 11.8 Å². The van der Waals surface area contributed by atoms with Crippen molar-refractivity contribution in [3.8, 4) is 0 Å². The van der Waals surface area contributed by atoms with Crippen LogP contribution in [0.3, 0.4) is 0 Å². The third kappa shape index (κ3) is 12.7. The summed E-state index contributed by atoms with van der Waals surface area (Å²) in [5.41, 5.74) is 1.43. The molecule has 0 spiro atoms. The van der Waals surface area contributed by atoms with Crippen LogP contribution in [-0.2, 0) is 19.2 Å². The minimum absolute atomic E-state index is 0.167. The Morgan fingerprint density at radius 1 is 1.07 bits per heavy atom. The van der Waals surface area contributed by atoms with Crippen molar-refractivity contribution < 1.29 is 47.5 Å². The molecule has 2 amide bonds. The molecule has 0 fully saturated rings. The summed E-state index contributed by atoms with van der Waals surface area (Å²) in [6.07, 6.45) is -4.83. The number of hydrogen-bond donors (Lipinski definition) is 5. The first-order valence-electron chi connectivity index (χ1n) is 11.6. The van der Waals surface area contributed by atoms with Crippen molar-refractivity contribution in [1.82, 2.24) is 15.6 Å². The number of nitrogens with zero attached hydrogens (tertiary/aromatic N) is 2. The lowest BCUT2D eigenvalue weighted by Gasteiger charge is -2.18. The van der Waals surface area contributed by atoms with Gasteiger partial charge in [-0.15, -0.1) is 0 Å². The second-order valence-electron chi connectivity index (χ2n) is 8.30. The molecule has 1 unspecified atom stereocenters. The number of carbonyl (C=O) groups excluding carboxylic acids is 2. The van der Waals surface area contributed by atoms with Crippen LogP contribution in [0.5, 0.6) is 0 Å². The van der Waals surface area contributed by atoms with E-state index in [0.717, 1.165) is 11.5 Å². The van der Waals surface area contributed by atoms with Crippen LogP contribution in [0.25, 0.3) is 0 Å². The number of aliphatic carboxylic acids is 2. The molecule has 1 heterocycles. The summed E-state index contributed by atoms with van der Waals surface area (Å²) in [6, 6.07) is 8.89. The number of anilines is 1. The van der Waals surface area contributed by atoms with E-state index in [1.54, 1.807) is 6.92 Å². The molecule has 1 aromatic carbocycles. The summed E-state index contributed by atoms with van der Waals surface area (Å²) < 4.78 is 31.7. The number of hydrogen-bond acceptors (Lipinski definition) is 8. The van der Waals surface area contributed by atoms with Gasteiger partial charge in [-0.05, 0) is 38.0 Å². The van der Waals surface area contributed by atoms with Crippen molar-refractivity contribution >= 4 is 35.3 Å². The Labute approximate surface area is 225 Å². The molecule has 1 aromatic heterocycles. The molecule has 0 aliphatic rings. The predicted molar refractivity (Wildman–Crippen MR) is 134 cm³/mol. The fraction of sp³-hybridized carbons (Fsp3) is 0.375. The van der Waals surface area contributed by atoms with Gasteiger partial charge in [0, 0.05) is 30.3 Å². The van der Waals surface area contributed by atoms with E-state index in [-0.39, 0.29) is 24.6 Å². The van der Waals surface area contributed by atoms with Crippen molar-refractivity contribution in [2.24, 2.45) is 0 Å². The molecule has 0 aliphatic heterocycles. The van der Waals surface area contributed by atoms with Gasteiger partial charge < -0.3 is 26.2 Å². The van der Waals surface area contributed by atoms with Crippen LogP contribution in [0.1, 0.15) is 42.1 Å². The molecule has 1 atom stereocenters. The molecular weight excluding hydrogens is 543 g/mol. The maximum Gasteiger partial charge on any atom is 0.490 e. The standard InChI is InChI=1S/C22H27N5O6.C2HF3O2/c1-14-8-9-16(11-18(14)27(32)33)17(12-22(30)31)26-21(29)13-24-20(28)7-4-10-23-19-6-3-5-15(2)25-19;3-2(4,5)1(6)7/h3,5-6,8-9,11,17H,4,7,10,12-13H2,1-2H3,(H,23,25)(H,24,28)(H,26,29)(H,30,31);(H,6,7). The zero-order valence-corrected chi connectivity index (χ0v) is 21.4. The summed E-state index contributed by atoms with van der Waals surface area (Å²) in [7, 11) is 0. The molecule has 16 heteroatoms. The smallest absolute Gasteiger partial charge is 0.481 e. The summed E-state index contributed by atoms with van der Waals surface area (Å²) in [5, 5.41) is 35.6. The van der Waals surface area contributed by atoms with Gasteiger partial charge >= 0.3 is 18.1 Å². The van der Waals surface area contributed by atoms with E-state index in [1.165, 1.54) is 18.2 Å². The topological polar surface area (TPSA) is 201 Å². The van der Waals surface area contributed by atoms with E-state index in [9.17, 15) is 37.7 Å². The van der Waals surface area contributed by atoms with Gasteiger partial charge in [0.15, 0.2) is 0 Å². The Kier molecular flexibility index (Phi) is 13.0. The Morgan fingerprint density at radius 2 is 1.73 bits per heavy atom. The fourth-order valence-electron chi connectivity index (χ4n) is 3.09. The van der Waals surface area contributed by atoms with Crippen LogP contribution in [0.15, 0.2) is 36.4 Å². The number of carboxylic acids is 2. The van der Waals surface area contributed by atoms with Crippen LogP contribution >= 0.6 is 0 Å². The maximum absolute atomic E-state index is 12.3. The highest BCUT2D eigenvalue weighted by molar-refractivity contribution is 5.85. The first-order valence-corrected chi connectivity index (χ1v) is 11.6. The van der Waals surface area contributed by atoms with Crippen molar-refractivity contribution in [3.63, 3.8) is 0 Å². The monoisotopic (exact) mass is 571 g/mol. The molecule has 0 saturated carbocycles. The number of nitro benzene ring substituents is 1. The van der Waals surface area contributed by atoms with E-state index >= 15 is 0 Å². The quantitative estimate of drug-likeness (QED) is 0.143. The van der Waals surface area contributed by atoms with Crippen LogP contribution < -0.4 is 16.0 Å². The highest BCUT2D eigenvalue weighted by atomic mass is 19.4. The second-order valence-corrected chi connectivity index (χ2v) is 8.30. The number of amides is 2. The number of alkyl halides is 3. The van der Waals surface area contributed by atoms with Gasteiger partial charge in [-0.3, -0.25) is 24.5 Å². The number of benzene rings is 1. The van der Waals surface area contributed by atoms with Crippen molar-refractivity contribution in [2.45, 2.75) is 45.3 Å². The number of nitrogens with one attached hydrogen (secondary N) is 3. The lowest BCUT2D eigenvalue weighted by Crippen LogP contribution is -2.39. The molecule has 40 heavy (non-hydrogen) atoms. The lowest BCUT2D eigenvalue weighted by atomic mass is 10.0. The van der Waals surface area contributed by atoms with Crippen molar-refractivity contribution in [3.05, 3.63) is 63.3 Å². The molecule has 13 nitrogen and oxygen atoms in total. The molecule has 0 radical (unpaired) electrons. The second kappa shape index (κ2) is 15.6. The van der Waals surface area contributed by atoms with Gasteiger partial charge in [0.25, 0.3) is 5.69 Å². The van der Waals surface area contributed by atoms with Gasteiger partial charge in [-0.1, -0.05) is 18.2 Å². The van der Waals surface area contributed by atoms with E-state index in [4.69, 9.17) is 15.0 Å². The minimum Gasteiger partial charge on any atom is -0.481 e. The molecule has 2 rings (SSSR count). The van der Waals surface area contributed by atoms with Gasteiger partial charge in [-0.25, -0.2) is 9.78 Å². The van der Waals surface area contributed by atoms with E-state index in [0.29, 0.717) is 24.1 Å². The fourth-order valence-corrected chi connectivity index (χ4v) is 3.09. The summed E-state index contributed by atoms with van der Waals surface area (Å²) in [5.74, 6) is -4.14. The Bertz CT molecular complexity index is 1220. The number of halogens is 3. The minimum atomic E-state index is -5.08. The normalized spacial score (nSPS) is 11.3. The van der Waals surface area contributed by atoms with Gasteiger partial charge in [0.1, 0.15) is 5.82 Å². The average Bonchev–Trinajstić information content (AvgIpc) is 2.84. The van der Waals surface area contributed by atoms with E-state index in [2.05, 4.69) is 20.9 Å². The number of carboxylic acid groups (broad SMARTS) is 2. The number of rotatable bonds is 12. The molecule has 0 aliphatic carbocycles. The van der Waals surface area contributed by atoms with Crippen LogP contribution in [0, 0.1) is 24.0 Å². The van der Waals surface area contributed by atoms with E-state index in [1.807, 2.05) is 25.1 Å². The van der Waals surface area contributed by atoms with Gasteiger partial charge in [0.05, 0.1) is 23.9 Å². The first-order chi connectivity index (χ1) is 18.6. The Hall–Kier alpha value is -4.76. The Morgan fingerprint density at radius 3 is 2.27 bits per heavy atom. The zero-order valence-electron chi connectivity index (χ0n) is 21.4. The largest absolute Gasteiger partial charge is 0.490 e. The summed E-state index contributed by atoms with van der Waals surface area (Å²) in [6.45, 7) is 3.64. The highest BCUT2D eigenvalue weighted by Crippen LogP contribution is 2.25. The lowest BCUT2D eigenvalue weighted by molar-refractivity contribution is -0.385. The van der Waals surface area contributed by atoms with Crippen LogP contribution in [0.4, 0.5) is 24.7 Å². The molecular formula is C24H28F3N5O8. The average molecular weight is 572 g/mol. The molecule has 0 bridgehead atoms. The third-order valence-electron chi connectivity index (χ3n) is 5.01. The number of aromatic nitrogens is 1. The molecule has 0 saturated heterocycles. The van der Waals surface area contributed by atoms with Gasteiger partial charge in [-0.2, -0.15) is 13.2 Å². The zero-order chi connectivity index (χ0) is 30.5.